The SMILES string of the molecule is CCCCCCCCOc1ccc(-c2ccc(C(=O)O)cc2)c(-c2ccc(C(=O)C(C)CCCCCCC)c(F)c2)c1F. The van der Waals surface area contributed by atoms with Gasteiger partial charge in [0.25, 0.3) is 0 Å². The van der Waals surface area contributed by atoms with Gasteiger partial charge in [-0.1, -0.05) is 103 Å². The fraction of sp³-hybridized carbons (Fsp3) is 0.459. The van der Waals surface area contributed by atoms with Gasteiger partial charge in [0.15, 0.2) is 17.3 Å². The molecular formula is C37H46F2O4. The lowest BCUT2D eigenvalue weighted by atomic mass is 9.90. The number of hydrogen-bond donors (Lipinski definition) is 1. The van der Waals surface area contributed by atoms with Crippen LogP contribution < -0.4 is 4.74 Å². The Bertz CT molecular complexity index is 1330. The van der Waals surface area contributed by atoms with Gasteiger partial charge in [-0.05, 0) is 65.9 Å². The van der Waals surface area contributed by atoms with Crippen molar-refractivity contribution in [1.29, 1.82) is 0 Å². The molecule has 0 aliphatic heterocycles. The Morgan fingerprint density at radius 1 is 0.767 bits per heavy atom. The zero-order valence-electron chi connectivity index (χ0n) is 25.9. The molecule has 0 heterocycles. The van der Waals surface area contributed by atoms with Crippen LogP contribution in [0.3, 0.4) is 0 Å². The van der Waals surface area contributed by atoms with Gasteiger partial charge in [0.2, 0.25) is 0 Å². The number of ether oxygens (including phenoxy) is 1. The zero-order chi connectivity index (χ0) is 31.2. The van der Waals surface area contributed by atoms with Gasteiger partial charge in [0.05, 0.1) is 17.7 Å². The van der Waals surface area contributed by atoms with Crippen LogP contribution >= 0.6 is 0 Å². The van der Waals surface area contributed by atoms with E-state index in [9.17, 15) is 14.7 Å². The van der Waals surface area contributed by atoms with Crippen LogP contribution in [0.4, 0.5) is 8.78 Å². The Balaban J connectivity index is 1.89. The van der Waals surface area contributed by atoms with Crippen molar-refractivity contribution in [2.75, 3.05) is 6.61 Å². The number of ketones is 1. The number of hydrogen-bond acceptors (Lipinski definition) is 3. The maximum absolute atomic E-state index is 16.1. The van der Waals surface area contributed by atoms with Crippen LogP contribution in [0.5, 0.6) is 5.75 Å². The highest BCUT2D eigenvalue weighted by Gasteiger charge is 2.22. The van der Waals surface area contributed by atoms with Crippen LogP contribution in [0.25, 0.3) is 22.3 Å². The quantitative estimate of drug-likeness (QED) is 0.111. The number of carboxylic acids is 1. The number of carboxylic acid groups (broad SMARTS) is 1. The first kappa shape index (κ1) is 34.0. The summed E-state index contributed by atoms with van der Waals surface area (Å²) in [5.74, 6) is -2.85. The highest BCUT2D eigenvalue weighted by molar-refractivity contribution is 5.98. The van der Waals surface area contributed by atoms with Crippen molar-refractivity contribution in [3.63, 3.8) is 0 Å². The summed E-state index contributed by atoms with van der Waals surface area (Å²) in [4.78, 5) is 24.4. The first-order chi connectivity index (χ1) is 20.8. The van der Waals surface area contributed by atoms with E-state index in [2.05, 4.69) is 13.8 Å². The summed E-state index contributed by atoms with van der Waals surface area (Å²) in [5, 5.41) is 9.30. The Morgan fingerprint density at radius 3 is 2.00 bits per heavy atom. The predicted octanol–water partition coefficient (Wildman–Crippen LogP) is 10.9. The molecule has 0 aliphatic carbocycles. The van der Waals surface area contributed by atoms with E-state index in [1.165, 1.54) is 49.9 Å². The smallest absolute Gasteiger partial charge is 0.335 e. The molecule has 43 heavy (non-hydrogen) atoms. The Morgan fingerprint density at radius 2 is 1.37 bits per heavy atom. The second-order valence-electron chi connectivity index (χ2n) is 11.5. The van der Waals surface area contributed by atoms with Gasteiger partial charge in [0.1, 0.15) is 5.82 Å². The Hall–Kier alpha value is -3.54. The van der Waals surface area contributed by atoms with Gasteiger partial charge in [-0.2, -0.15) is 0 Å². The number of Topliss-reactive ketones (excluding diaryl/α,β-unsaturated/α-hetero) is 1. The maximum atomic E-state index is 16.1. The molecule has 1 unspecified atom stereocenters. The van der Waals surface area contributed by atoms with Crippen molar-refractivity contribution in [1.82, 2.24) is 0 Å². The third-order valence-corrected chi connectivity index (χ3v) is 8.02. The normalized spacial score (nSPS) is 11.8. The van der Waals surface area contributed by atoms with E-state index in [0.29, 0.717) is 24.2 Å². The highest BCUT2D eigenvalue weighted by atomic mass is 19.1. The summed E-state index contributed by atoms with van der Waals surface area (Å²) >= 11 is 0. The molecule has 4 nitrogen and oxygen atoms in total. The average molecular weight is 593 g/mol. The van der Waals surface area contributed by atoms with Crippen LogP contribution in [0.15, 0.2) is 54.6 Å². The standard InChI is InChI=1S/C37H46F2O4/c1-4-6-8-10-12-14-24-43-33-23-22-30(27-16-18-28(19-17-27)37(41)42)34(35(33)39)29-20-21-31(32(38)25-29)36(40)26(3)15-13-11-9-7-5-2/h16-23,25-26H,4-15,24H2,1-3H3,(H,41,42). The zero-order valence-corrected chi connectivity index (χ0v) is 25.9. The third-order valence-electron chi connectivity index (χ3n) is 8.02. The minimum absolute atomic E-state index is 0.00746. The molecule has 0 aliphatic rings. The Labute approximate surface area is 255 Å². The molecule has 0 saturated heterocycles. The first-order valence-electron chi connectivity index (χ1n) is 15.9. The van der Waals surface area contributed by atoms with Gasteiger partial charge >= 0.3 is 5.97 Å². The number of halogens is 2. The largest absolute Gasteiger partial charge is 0.490 e. The molecule has 0 fully saturated rings. The molecule has 0 bridgehead atoms. The van der Waals surface area contributed by atoms with E-state index < -0.39 is 17.6 Å². The van der Waals surface area contributed by atoms with Gasteiger partial charge in [0, 0.05) is 11.5 Å². The summed E-state index contributed by atoms with van der Waals surface area (Å²) < 4.78 is 37.4. The highest BCUT2D eigenvalue weighted by Crippen LogP contribution is 2.39. The lowest BCUT2D eigenvalue weighted by Gasteiger charge is -2.17. The number of benzene rings is 3. The molecule has 3 rings (SSSR count). The van der Waals surface area contributed by atoms with Gasteiger partial charge in [-0.3, -0.25) is 4.79 Å². The maximum Gasteiger partial charge on any atom is 0.335 e. The van der Waals surface area contributed by atoms with Crippen LogP contribution in [-0.4, -0.2) is 23.5 Å². The lowest BCUT2D eigenvalue weighted by molar-refractivity contribution is 0.0696. The molecule has 0 spiro atoms. The number of aromatic carboxylic acids is 1. The lowest BCUT2D eigenvalue weighted by Crippen LogP contribution is -2.13. The third kappa shape index (κ3) is 9.74. The minimum Gasteiger partial charge on any atom is -0.490 e. The van der Waals surface area contributed by atoms with E-state index in [-0.39, 0.29) is 39.7 Å². The van der Waals surface area contributed by atoms with E-state index in [4.69, 9.17) is 4.74 Å². The molecule has 0 aromatic heterocycles. The van der Waals surface area contributed by atoms with Crippen molar-refractivity contribution in [3.8, 4) is 28.0 Å². The summed E-state index contributed by atoms with van der Waals surface area (Å²) in [5.41, 5.74) is 1.59. The second kappa shape index (κ2) is 17.5. The molecule has 0 amide bonds. The van der Waals surface area contributed by atoms with Crippen molar-refractivity contribution < 1.29 is 28.2 Å². The molecule has 6 heteroatoms. The molecular weight excluding hydrogens is 546 g/mol. The molecule has 232 valence electrons. The van der Waals surface area contributed by atoms with Crippen molar-refractivity contribution in [3.05, 3.63) is 77.4 Å². The monoisotopic (exact) mass is 592 g/mol. The van der Waals surface area contributed by atoms with Crippen LogP contribution in [0.2, 0.25) is 0 Å². The van der Waals surface area contributed by atoms with Crippen molar-refractivity contribution in [2.24, 2.45) is 5.92 Å². The van der Waals surface area contributed by atoms with Gasteiger partial charge < -0.3 is 9.84 Å². The van der Waals surface area contributed by atoms with E-state index >= 15 is 8.78 Å². The van der Waals surface area contributed by atoms with Gasteiger partial charge in [-0.25, -0.2) is 13.6 Å². The second-order valence-corrected chi connectivity index (χ2v) is 11.5. The molecule has 0 radical (unpaired) electrons. The molecule has 1 atom stereocenters. The van der Waals surface area contributed by atoms with Crippen LogP contribution in [0, 0.1) is 17.6 Å². The fourth-order valence-corrected chi connectivity index (χ4v) is 5.37. The summed E-state index contributed by atoms with van der Waals surface area (Å²) in [6, 6.07) is 13.6. The predicted molar refractivity (Wildman–Crippen MR) is 170 cm³/mol. The summed E-state index contributed by atoms with van der Waals surface area (Å²) in [7, 11) is 0. The topological polar surface area (TPSA) is 63.6 Å². The van der Waals surface area contributed by atoms with Crippen LogP contribution in [0.1, 0.15) is 119 Å². The van der Waals surface area contributed by atoms with Crippen molar-refractivity contribution in [2.45, 2.75) is 97.8 Å². The van der Waals surface area contributed by atoms with Gasteiger partial charge in [-0.15, -0.1) is 0 Å². The molecule has 3 aromatic carbocycles. The minimum atomic E-state index is -1.06. The van der Waals surface area contributed by atoms with Crippen LogP contribution in [-0.2, 0) is 0 Å². The molecule has 0 saturated carbocycles. The Kier molecular flexibility index (Phi) is 13.9. The number of carbonyl (C=O) groups is 2. The molecule has 3 aromatic rings. The first-order valence-corrected chi connectivity index (χ1v) is 15.9. The molecule has 1 N–H and O–H groups in total. The van der Waals surface area contributed by atoms with Crippen molar-refractivity contribution >= 4 is 11.8 Å². The van der Waals surface area contributed by atoms with E-state index in [0.717, 1.165) is 44.9 Å². The summed E-state index contributed by atoms with van der Waals surface area (Å²) in [6.45, 7) is 6.52. The fourth-order valence-electron chi connectivity index (χ4n) is 5.37. The number of rotatable bonds is 19. The number of carbonyl (C=O) groups excluding carboxylic acids is 1. The van der Waals surface area contributed by atoms with E-state index in [1.54, 1.807) is 30.3 Å². The summed E-state index contributed by atoms with van der Waals surface area (Å²) in [6.07, 6.45) is 12.6. The average Bonchev–Trinajstić information content (AvgIpc) is 3.00. The number of unbranched alkanes of at least 4 members (excludes halogenated alkanes) is 9. The van der Waals surface area contributed by atoms with E-state index in [1.807, 2.05) is 6.92 Å².